The summed E-state index contributed by atoms with van der Waals surface area (Å²) in [5.74, 6) is 1.29. The van der Waals surface area contributed by atoms with Gasteiger partial charge in [0.25, 0.3) is 0 Å². The first-order valence-electron chi connectivity index (χ1n) is 11.1. The summed E-state index contributed by atoms with van der Waals surface area (Å²) in [4.78, 5) is 0.495. The number of hydrogen-bond donors (Lipinski definition) is 1. The Bertz CT molecular complexity index is 1060. The van der Waals surface area contributed by atoms with E-state index in [1.165, 1.54) is 24.8 Å². The summed E-state index contributed by atoms with van der Waals surface area (Å²) < 4.78 is 27.4. The summed E-state index contributed by atoms with van der Waals surface area (Å²) in [6.45, 7) is 0. The van der Waals surface area contributed by atoms with Crippen molar-refractivity contribution in [1.82, 2.24) is 0 Å². The van der Waals surface area contributed by atoms with Crippen LogP contribution < -0.4 is 5.32 Å². The Kier molecular flexibility index (Phi) is 5.53. The molecule has 158 valence electrons. The molecule has 1 N–H and O–H groups in total. The molecule has 0 unspecified atom stereocenters. The number of sulfone groups is 1. The Morgan fingerprint density at radius 3 is 2.53 bits per heavy atom. The number of anilines is 1. The van der Waals surface area contributed by atoms with E-state index in [1.807, 2.05) is 18.2 Å². The number of allylic oxidation sites excluding steroid dienone is 2. The maximum absolute atomic E-state index is 13.2. The van der Waals surface area contributed by atoms with Crippen molar-refractivity contribution in [2.24, 2.45) is 11.8 Å². The average molecular weight is 486 g/mol. The van der Waals surface area contributed by atoms with E-state index in [0.29, 0.717) is 22.5 Å². The van der Waals surface area contributed by atoms with Crippen molar-refractivity contribution in [2.45, 2.75) is 55.4 Å². The second-order valence-electron chi connectivity index (χ2n) is 9.06. The lowest BCUT2D eigenvalue weighted by molar-refractivity contribution is 0.385. The molecule has 1 fully saturated rings. The number of halogens is 1. The molecule has 2 aromatic carbocycles. The van der Waals surface area contributed by atoms with Crippen LogP contribution in [0.25, 0.3) is 0 Å². The molecule has 3 nitrogen and oxygen atoms in total. The first-order valence-corrected chi connectivity index (χ1v) is 13.5. The monoisotopic (exact) mass is 485 g/mol. The van der Waals surface area contributed by atoms with Gasteiger partial charge in [-0.2, -0.15) is 0 Å². The van der Waals surface area contributed by atoms with Crippen LogP contribution in [0.2, 0.25) is 0 Å². The topological polar surface area (TPSA) is 46.2 Å². The molecule has 5 rings (SSSR count). The van der Waals surface area contributed by atoms with Gasteiger partial charge in [0.2, 0.25) is 0 Å². The van der Waals surface area contributed by atoms with E-state index >= 15 is 0 Å². The van der Waals surface area contributed by atoms with Crippen LogP contribution in [0.3, 0.4) is 0 Å². The number of fused-ring (bicyclic) bond motifs is 3. The average Bonchev–Trinajstić information content (AvgIpc) is 3.24. The van der Waals surface area contributed by atoms with Crippen molar-refractivity contribution in [3.8, 4) is 0 Å². The Labute approximate surface area is 188 Å². The highest BCUT2D eigenvalue weighted by molar-refractivity contribution is 9.10. The largest absolute Gasteiger partial charge is 0.378 e. The number of benzene rings is 2. The Balaban J connectivity index is 1.45. The fraction of sp³-hybridized carbons (Fsp3) is 0.440. The van der Waals surface area contributed by atoms with Crippen molar-refractivity contribution in [3.63, 3.8) is 0 Å². The van der Waals surface area contributed by atoms with Crippen LogP contribution in [-0.4, -0.2) is 14.2 Å². The summed E-state index contributed by atoms with van der Waals surface area (Å²) in [6, 6.07) is 14.5. The maximum Gasteiger partial charge on any atom is 0.178 e. The van der Waals surface area contributed by atoms with Gasteiger partial charge in [-0.05, 0) is 72.6 Å². The van der Waals surface area contributed by atoms with Gasteiger partial charge < -0.3 is 5.32 Å². The second kappa shape index (κ2) is 8.16. The molecule has 0 amide bonds. The quantitative estimate of drug-likeness (QED) is 0.494. The predicted octanol–water partition coefficient (Wildman–Crippen LogP) is 6.63. The van der Waals surface area contributed by atoms with Gasteiger partial charge in [-0.1, -0.05) is 59.5 Å². The first-order chi connectivity index (χ1) is 14.5. The van der Waals surface area contributed by atoms with E-state index in [9.17, 15) is 8.42 Å². The van der Waals surface area contributed by atoms with Crippen molar-refractivity contribution in [2.75, 3.05) is 11.1 Å². The SMILES string of the molecule is O=S(=O)(CC1CCCCC1)c1ccc2c(c1)[C@H]1C=CC[C@H]1[C@@H](c1ccc(Br)cc1)N2. The van der Waals surface area contributed by atoms with E-state index in [-0.39, 0.29) is 12.0 Å². The van der Waals surface area contributed by atoms with E-state index in [0.717, 1.165) is 35.0 Å². The summed E-state index contributed by atoms with van der Waals surface area (Å²) in [5.41, 5.74) is 3.47. The fourth-order valence-electron chi connectivity index (χ4n) is 5.53. The van der Waals surface area contributed by atoms with Gasteiger partial charge >= 0.3 is 0 Å². The molecule has 1 aliphatic heterocycles. The summed E-state index contributed by atoms with van der Waals surface area (Å²) in [6.07, 6.45) is 11.2. The maximum atomic E-state index is 13.2. The fourth-order valence-corrected chi connectivity index (χ4v) is 7.52. The third-order valence-corrected chi connectivity index (χ3v) is 9.51. The zero-order valence-electron chi connectivity index (χ0n) is 17.1. The molecule has 2 aliphatic carbocycles. The number of hydrogen-bond acceptors (Lipinski definition) is 3. The van der Waals surface area contributed by atoms with Crippen molar-refractivity contribution < 1.29 is 8.42 Å². The van der Waals surface area contributed by atoms with Gasteiger partial charge in [-0.15, -0.1) is 0 Å². The molecule has 30 heavy (non-hydrogen) atoms. The Hall–Kier alpha value is -1.59. The third-order valence-electron chi connectivity index (χ3n) is 7.10. The van der Waals surface area contributed by atoms with Crippen LogP contribution in [0.5, 0.6) is 0 Å². The van der Waals surface area contributed by atoms with Gasteiger partial charge in [0, 0.05) is 16.1 Å². The van der Waals surface area contributed by atoms with Gasteiger partial charge in [0.1, 0.15) is 0 Å². The highest BCUT2D eigenvalue weighted by atomic mass is 79.9. The molecule has 0 spiro atoms. The van der Waals surface area contributed by atoms with Gasteiger partial charge in [-0.3, -0.25) is 0 Å². The predicted molar refractivity (Wildman–Crippen MR) is 126 cm³/mol. The highest BCUT2D eigenvalue weighted by Crippen LogP contribution is 2.50. The second-order valence-corrected chi connectivity index (χ2v) is 12.0. The lowest BCUT2D eigenvalue weighted by Crippen LogP contribution is -2.29. The Morgan fingerprint density at radius 1 is 1.00 bits per heavy atom. The lowest BCUT2D eigenvalue weighted by Gasteiger charge is -2.37. The molecular formula is C25H28BrNO2S. The summed E-state index contributed by atoms with van der Waals surface area (Å²) in [7, 11) is -3.25. The molecule has 5 heteroatoms. The third kappa shape index (κ3) is 3.87. The minimum atomic E-state index is -3.25. The van der Waals surface area contributed by atoms with Crippen molar-refractivity contribution in [3.05, 3.63) is 70.2 Å². The van der Waals surface area contributed by atoms with E-state index in [1.54, 1.807) is 0 Å². The minimum absolute atomic E-state index is 0.232. The van der Waals surface area contributed by atoms with Crippen molar-refractivity contribution in [1.29, 1.82) is 0 Å². The molecule has 3 atom stereocenters. The highest BCUT2D eigenvalue weighted by Gasteiger charge is 2.38. The number of rotatable bonds is 4. The van der Waals surface area contributed by atoms with Crippen LogP contribution >= 0.6 is 15.9 Å². The zero-order valence-corrected chi connectivity index (χ0v) is 19.5. The van der Waals surface area contributed by atoms with Crippen LogP contribution in [0.15, 0.2) is 64.0 Å². The van der Waals surface area contributed by atoms with Crippen LogP contribution in [-0.2, 0) is 9.84 Å². The van der Waals surface area contributed by atoms with Gasteiger partial charge in [0.05, 0.1) is 16.7 Å². The first kappa shape index (κ1) is 20.3. The van der Waals surface area contributed by atoms with Crippen molar-refractivity contribution >= 4 is 31.5 Å². The normalized spacial score (nSPS) is 26.1. The Morgan fingerprint density at radius 2 is 1.77 bits per heavy atom. The van der Waals surface area contributed by atoms with Gasteiger partial charge in [0.15, 0.2) is 9.84 Å². The summed E-state index contributed by atoms with van der Waals surface area (Å²) in [5, 5.41) is 3.71. The lowest BCUT2D eigenvalue weighted by atomic mass is 9.77. The van der Waals surface area contributed by atoms with Crippen LogP contribution in [0.4, 0.5) is 5.69 Å². The van der Waals surface area contributed by atoms with Crippen LogP contribution in [0, 0.1) is 11.8 Å². The molecule has 0 aromatic heterocycles. The molecule has 0 radical (unpaired) electrons. The van der Waals surface area contributed by atoms with E-state index < -0.39 is 9.84 Å². The molecule has 2 aromatic rings. The summed E-state index contributed by atoms with van der Waals surface area (Å²) >= 11 is 3.52. The molecular weight excluding hydrogens is 458 g/mol. The minimum Gasteiger partial charge on any atom is -0.378 e. The van der Waals surface area contributed by atoms with E-state index in [2.05, 4.69) is 57.7 Å². The van der Waals surface area contributed by atoms with Gasteiger partial charge in [-0.25, -0.2) is 8.42 Å². The molecule has 1 heterocycles. The standard InChI is InChI=1S/C25H28BrNO2S/c26-19-11-9-18(10-12-19)25-22-8-4-7-21(22)23-15-20(13-14-24(23)27-25)30(28,29)16-17-5-2-1-3-6-17/h4,7,9-15,17,21-22,25,27H,1-3,5-6,8,16H2/t21-,22+,25+/m0/s1. The smallest absolute Gasteiger partial charge is 0.178 e. The van der Waals surface area contributed by atoms with E-state index in [4.69, 9.17) is 0 Å². The molecule has 0 saturated heterocycles. The zero-order chi connectivity index (χ0) is 20.7. The molecule has 3 aliphatic rings. The number of nitrogens with one attached hydrogen (secondary N) is 1. The molecule has 0 bridgehead atoms. The van der Waals surface area contributed by atoms with Crippen LogP contribution in [0.1, 0.15) is 61.6 Å². The molecule has 1 saturated carbocycles.